The maximum atomic E-state index is 5.52. The Hall–Kier alpha value is -5.02. The number of rotatable bonds is 6. The van der Waals surface area contributed by atoms with Crippen molar-refractivity contribution in [2.24, 2.45) is 0 Å². The predicted molar refractivity (Wildman–Crippen MR) is 178 cm³/mol. The zero-order valence-electron chi connectivity index (χ0n) is 25.9. The van der Waals surface area contributed by atoms with Crippen LogP contribution in [0.15, 0.2) is 83.9 Å². The smallest absolute Gasteiger partial charge is 0.141 e. The molecule has 230 valence electrons. The van der Waals surface area contributed by atoms with Gasteiger partial charge in [0.05, 0.1) is 25.1 Å². The minimum atomic E-state index is -0.0234. The van der Waals surface area contributed by atoms with Crippen molar-refractivity contribution in [3.63, 3.8) is 0 Å². The molecule has 3 aromatic heterocycles. The molecule has 9 nitrogen and oxygen atoms in total. The zero-order chi connectivity index (χ0) is 30.7. The summed E-state index contributed by atoms with van der Waals surface area (Å²) in [5.74, 6) is 0. The fourth-order valence-electron chi connectivity index (χ4n) is 7.46. The highest BCUT2D eigenvalue weighted by Crippen LogP contribution is 2.53. The number of aromatic amines is 1. The van der Waals surface area contributed by atoms with E-state index in [1.54, 1.807) is 12.5 Å². The number of benzene rings is 3. The molecule has 1 saturated carbocycles. The number of hydrogen-bond acceptors (Lipinski definition) is 8. The van der Waals surface area contributed by atoms with Crippen molar-refractivity contribution in [3.05, 3.63) is 107 Å². The molecule has 3 aliphatic rings. The van der Waals surface area contributed by atoms with Gasteiger partial charge in [0.15, 0.2) is 0 Å². The Morgan fingerprint density at radius 3 is 2.54 bits per heavy atom. The van der Waals surface area contributed by atoms with Crippen molar-refractivity contribution in [2.45, 2.75) is 38.1 Å². The Labute approximate surface area is 267 Å². The maximum absolute atomic E-state index is 5.52. The summed E-state index contributed by atoms with van der Waals surface area (Å²) in [5, 5.41) is 9.07. The van der Waals surface area contributed by atoms with Crippen LogP contribution >= 0.6 is 0 Å². The van der Waals surface area contributed by atoms with Crippen LogP contribution in [0.5, 0.6) is 0 Å². The molecule has 0 radical (unpaired) electrons. The number of ether oxygens (including phenoxy) is 1. The van der Waals surface area contributed by atoms with E-state index in [0.29, 0.717) is 0 Å². The molecule has 0 spiro atoms. The molecule has 0 unspecified atom stereocenters. The SMILES string of the molecule is Cc1c(-c2ncnc3[nH]c(-c4ccc(N5CCOCC5)cc4)cc23)cccc1N1CCc2cc(C3(c4cnon4)CC3)ccc2C1. The highest BCUT2D eigenvalue weighted by molar-refractivity contribution is 5.95. The largest absolute Gasteiger partial charge is 0.378 e. The molecule has 2 fully saturated rings. The van der Waals surface area contributed by atoms with Crippen molar-refractivity contribution in [1.82, 2.24) is 25.3 Å². The van der Waals surface area contributed by atoms with Gasteiger partial charge in [-0.05, 0) is 78.3 Å². The molecule has 0 bridgehead atoms. The number of nitrogens with one attached hydrogen (secondary N) is 1. The summed E-state index contributed by atoms with van der Waals surface area (Å²) in [6.07, 6.45) is 6.63. The average Bonchev–Trinajstić information content (AvgIpc) is 3.49. The molecule has 1 saturated heterocycles. The van der Waals surface area contributed by atoms with E-state index in [1.807, 2.05) is 0 Å². The molecular formula is C37H35N7O2. The number of hydrogen-bond donors (Lipinski definition) is 1. The first-order valence-corrected chi connectivity index (χ1v) is 16.2. The summed E-state index contributed by atoms with van der Waals surface area (Å²) in [7, 11) is 0. The van der Waals surface area contributed by atoms with E-state index in [9.17, 15) is 0 Å². The molecule has 0 atom stereocenters. The molecule has 6 aromatic rings. The lowest BCUT2D eigenvalue weighted by Gasteiger charge is -2.33. The van der Waals surface area contributed by atoms with Gasteiger partial charge >= 0.3 is 0 Å². The van der Waals surface area contributed by atoms with Crippen molar-refractivity contribution in [3.8, 4) is 22.5 Å². The lowest BCUT2D eigenvalue weighted by molar-refractivity contribution is 0.122. The third kappa shape index (κ3) is 4.57. The zero-order valence-corrected chi connectivity index (χ0v) is 25.9. The van der Waals surface area contributed by atoms with Crippen LogP contribution in [0.25, 0.3) is 33.5 Å². The summed E-state index contributed by atoms with van der Waals surface area (Å²) in [4.78, 5) is 17.9. The van der Waals surface area contributed by atoms with E-state index in [2.05, 4.69) is 104 Å². The number of H-pyrrole nitrogens is 1. The second-order valence-corrected chi connectivity index (χ2v) is 12.8. The second-order valence-electron chi connectivity index (χ2n) is 12.8. The summed E-state index contributed by atoms with van der Waals surface area (Å²) in [6.45, 7) is 7.48. The molecule has 46 heavy (non-hydrogen) atoms. The molecule has 1 N–H and O–H groups in total. The van der Waals surface area contributed by atoms with Crippen LogP contribution in [0, 0.1) is 6.92 Å². The van der Waals surface area contributed by atoms with E-state index < -0.39 is 0 Å². The summed E-state index contributed by atoms with van der Waals surface area (Å²) in [5.41, 5.74) is 13.9. The van der Waals surface area contributed by atoms with Gasteiger partial charge in [0.2, 0.25) is 0 Å². The van der Waals surface area contributed by atoms with Gasteiger partial charge in [0.25, 0.3) is 0 Å². The predicted octanol–water partition coefficient (Wildman–Crippen LogP) is 6.46. The Morgan fingerprint density at radius 2 is 1.74 bits per heavy atom. The quantitative estimate of drug-likeness (QED) is 0.230. The van der Waals surface area contributed by atoms with E-state index in [0.717, 1.165) is 97.9 Å². The number of fused-ring (bicyclic) bond motifs is 2. The highest BCUT2D eigenvalue weighted by Gasteiger charge is 2.48. The summed E-state index contributed by atoms with van der Waals surface area (Å²) >= 11 is 0. The second kappa shape index (κ2) is 10.8. The van der Waals surface area contributed by atoms with Crippen molar-refractivity contribution in [1.29, 1.82) is 0 Å². The minimum Gasteiger partial charge on any atom is -0.378 e. The molecule has 1 aliphatic carbocycles. The fraction of sp³-hybridized carbons (Fsp3) is 0.297. The Balaban J connectivity index is 0.992. The van der Waals surface area contributed by atoms with Gasteiger partial charge in [-0.25, -0.2) is 14.6 Å². The topological polar surface area (TPSA) is 96.2 Å². The first kappa shape index (κ1) is 27.3. The first-order chi connectivity index (χ1) is 22.7. The lowest BCUT2D eigenvalue weighted by atomic mass is 9.88. The van der Waals surface area contributed by atoms with E-state index in [-0.39, 0.29) is 5.41 Å². The lowest BCUT2D eigenvalue weighted by Crippen LogP contribution is -2.36. The third-order valence-electron chi connectivity index (χ3n) is 10.3. The van der Waals surface area contributed by atoms with Crippen LogP contribution in [0.3, 0.4) is 0 Å². The Kier molecular flexibility index (Phi) is 6.41. The minimum absolute atomic E-state index is 0.0234. The van der Waals surface area contributed by atoms with Gasteiger partial charge in [-0.2, -0.15) is 0 Å². The monoisotopic (exact) mass is 609 g/mol. The molecule has 9 rings (SSSR count). The number of morpholine rings is 1. The van der Waals surface area contributed by atoms with E-state index >= 15 is 0 Å². The van der Waals surface area contributed by atoms with E-state index in [1.165, 1.54) is 33.6 Å². The average molecular weight is 610 g/mol. The standard InChI is InChI=1S/C37H35N7O2/c1-24-30(35-31-20-32(41-36(31)39-23-38-35)25-6-9-29(10-7-25)43-15-17-45-18-16-43)3-2-4-33(24)44-14-11-26-19-28(8-5-27(26)22-44)37(12-13-37)34-21-40-46-42-34/h2-10,19-21,23H,11-18,22H2,1H3,(H,38,39,41). The highest BCUT2D eigenvalue weighted by atomic mass is 16.6. The van der Waals surface area contributed by atoms with Gasteiger partial charge in [0, 0.05) is 59.6 Å². The molecule has 0 amide bonds. The van der Waals surface area contributed by atoms with Gasteiger partial charge in [-0.3, -0.25) is 0 Å². The van der Waals surface area contributed by atoms with Gasteiger partial charge < -0.3 is 19.5 Å². The number of aromatic nitrogens is 5. The van der Waals surface area contributed by atoms with Crippen molar-refractivity contribution >= 4 is 22.4 Å². The third-order valence-corrected chi connectivity index (χ3v) is 10.3. The number of anilines is 2. The van der Waals surface area contributed by atoms with E-state index in [4.69, 9.17) is 14.3 Å². The van der Waals surface area contributed by atoms with Crippen LogP contribution < -0.4 is 9.80 Å². The molecule has 3 aromatic carbocycles. The van der Waals surface area contributed by atoms with Crippen LogP contribution in [-0.2, 0) is 23.1 Å². The van der Waals surface area contributed by atoms with Gasteiger partial charge in [-0.1, -0.05) is 52.8 Å². The number of nitrogens with zero attached hydrogens (tertiary/aromatic N) is 6. The molecule has 9 heteroatoms. The normalized spacial score (nSPS) is 17.3. The maximum Gasteiger partial charge on any atom is 0.141 e. The van der Waals surface area contributed by atoms with Crippen molar-refractivity contribution < 1.29 is 9.37 Å². The molecular weight excluding hydrogens is 574 g/mol. The Morgan fingerprint density at radius 1 is 0.870 bits per heavy atom. The van der Waals surface area contributed by atoms with Crippen LogP contribution in [0.1, 0.15) is 40.8 Å². The first-order valence-electron chi connectivity index (χ1n) is 16.2. The van der Waals surface area contributed by atoms with Crippen LogP contribution in [0.4, 0.5) is 11.4 Å². The Bertz CT molecular complexity index is 2040. The molecule has 5 heterocycles. The van der Waals surface area contributed by atoms with Crippen molar-refractivity contribution in [2.75, 3.05) is 42.6 Å². The fourth-order valence-corrected chi connectivity index (χ4v) is 7.46. The summed E-state index contributed by atoms with van der Waals surface area (Å²) in [6, 6.07) is 24.5. The van der Waals surface area contributed by atoms with Gasteiger partial charge in [-0.15, -0.1) is 0 Å². The summed E-state index contributed by atoms with van der Waals surface area (Å²) < 4.78 is 10.5. The van der Waals surface area contributed by atoms with Crippen LogP contribution in [0.2, 0.25) is 0 Å². The van der Waals surface area contributed by atoms with Crippen LogP contribution in [-0.4, -0.2) is 58.1 Å². The molecule has 2 aliphatic heterocycles. The van der Waals surface area contributed by atoms with Gasteiger partial charge in [0.1, 0.15) is 17.7 Å².